The number of allylic oxidation sites excluding steroid dienone is 1. The fourth-order valence-electron chi connectivity index (χ4n) is 7.45. The summed E-state index contributed by atoms with van der Waals surface area (Å²) in [6.07, 6.45) is 33.8. The summed E-state index contributed by atoms with van der Waals surface area (Å²) in [5.41, 5.74) is 0. The average molecular weight is 985 g/mol. The van der Waals surface area contributed by atoms with Crippen molar-refractivity contribution in [2.24, 2.45) is 0 Å². The number of ether oxygens (including phenoxy) is 5. The molecule has 0 aromatic heterocycles. The Labute approximate surface area is 420 Å². The lowest BCUT2D eigenvalue weighted by Gasteiger charge is -2.26. The van der Waals surface area contributed by atoms with Gasteiger partial charge in [0.05, 0.1) is 50.8 Å². The van der Waals surface area contributed by atoms with E-state index < -0.39 is 36.4 Å². The number of hydrogen-bond donors (Lipinski definition) is 4. The Bertz CT molecular complexity index is 1310. The largest absolute Gasteiger partial charge is 0.494 e. The van der Waals surface area contributed by atoms with Gasteiger partial charge in [0.25, 0.3) is 0 Å². The minimum absolute atomic E-state index is 0. The molecule has 1 aliphatic rings. The van der Waals surface area contributed by atoms with Crippen LogP contribution in [0.4, 0.5) is 0 Å². The third-order valence-corrected chi connectivity index (χ3v) is 11.4. The summed E-state index contributed by atoms with van der Waals surface area (Å²) in [7, 11) is 0. The highest BCUT2D eigenvalue weighted by molar-refractivity contribution is 5.85. The molecular weight excluding hydrogens is 886 g/mol. The molecule has 12 nitrogen and oxygen atoms in total. The maximum atomic E-state index is 10.6. The molecule has 0 radical (unpaired) electrons. The van der Waals surface area contributed by atoms with Crippen LogP contribution in [0.5, 0.6) is 11.5 Å². The summed E-state index contributed by atoms with van der Waals surface area (Å²) in [6.45, 7) is 14.9. The lowest BCUT2D eigenvalue weighted by atomic mass is 10.0. The second-order valence-electron chi connectivity index (χ2n) is 18.0. The van der Waals surface area contributed by atoms with E-state index in [-0.39, 0.29) is 38.5 Å². The van der Waals surface area contributed by atoms with Crippen LogP contribution in [0.2, 0.25) is 0 Å². The van der Waals surface area contributed by atoms with E-state index in [9.17, 15) is 30.0 Å². The Morgan fingerprint density at radius 1 is 0.647 bits per heavy atom. The van der Waals surface area contributed by atoms with E-state index in [4.69, 9.17) is 30.1 Å². The van der Waals surface area contributed by atoms with Gasteiger partial charge in [0, 0.05) is 52.7 Å². The van der Waals surface area contributed by atoms with Gasteiger partial charge in [-0.15, -0.1) is 31.3 Å². The zero-order valence-corrected chi connectivity index (χ0v) is 43.8. The second-order valence-corrected chi connectivity index (χ2v) is 18.0. The molecular formula is C55H98ClNO11. The molecule has 2 rings (SSSR count). The first kappa shape index (κ1) is 67.2. The number of aliphatic hydroxyl groups excluding tert-OH is 4. The van der Waals surface area contributed by atoms with Crippen molar-refractivity contribution in [3.05, 3.63) is 36.9 Å². The molecule has 1 saturated heterocycles. The number of halogens is 1. The first-order valence-electron chi connectivity index (χ1n) is 26.2. The van der Waals surface area contributed by atoms with Crippen LogP contribution in [0, 0.1) is 12.3 Å². The number of terminal acetylenes is 1. The number of carbonyl (C=O) groups excluding carboxylic acids is 2. The highest BCUT2D eigenvalue weighted by Crippen LogP contribution is 2.19. The van der Waals surface area contributed by atoms with Crippen LogP contribution in [-0.4, -0.2) is 121 Å². The monoisotopic (exact) mass is 984 g/mol. The molecule has 0 spiro atoms. The molecule has 4 N–H and O–H groups in total. The summed E-state index contributed by atoms with van der Waals surface area (Å²) in [6, 6.07) is 7.92. The third-order valence-electron chi connectivity index (χ3n) is 11.4. The summed E-state index contributed by atoms with van der Waals surface area (Å²) in [5, 5.41) is 38.8. The van der Waals surface area contributed by atoms with E-state index in [0.717, 1.165) is 122 Å². The number of nitrogens with zero attached hydrogens (tertiary/aromatic N) is 1. The fraction of sp³-hybridized carbons (Fsp3) is 0.782. The quantitative estimate of drug-likeness (QED) is 0.0213. The van der Waals surface area contributed by atoms with Gasteiger partial charge in [0.1, 0.15) is 24.7 Å². The molecule has 1 aliphatic heterocycles. The number of unbranched alkanes of at least 4 members (excludes halogenated alkanes) is 19. The van der Waals surface area contributed by atoms with Crippen LogP contribution in [0.3, 0.4) is 0 Å². The zero-order chi connectivity index (χ0) is 49.4. The van der Waals surface area contributed by atoms with Crippen LogP contribution < -0.4 is 9.47 Å². The van der Waals surface area contributed by atoms with Crippen molar-refractivity contribution in [1.82, 2.24) is 4.90 Å². The first-order valence-corrected chi connectivity index (χ1v) is 26.2. The van der Waals surface area contributed by atoms with Crippen molar-refractivity contribution in [2.75, 3.05) is 59.3 Å². The van der Waals surface area contributed by atoms with Gasteiger partial charge in [-0.2, -0.15) is 0 Å². The molecule has 1 fully saturated rings. The Morgan fingerprint density at radius 3 is 1.44 bits per heavy atom. The van der Waals surface area contributed by atoms with Gasteiger partial charge in [0.15, 0.2) is 0 Å². The molecule has 0 bridgehead atoms. The number of rotatable bonds is 40. The maximum absolute atomic E-state index is 10.6. The second kappa shape index (κ2) is 50.5. The molecule has 4 unspecified atom stereocenters. The van der Waals surface area contributed by atoms with Crippen LogP contribution in [-0.2, 0) is 23.8 Å². The maximum Gasteiger partial charge on any atom is 0.302 e. The first-order chi connectivity index (χ1) is 32.5. The van der Waals surface area contributed by atoms with Crippen molar-refractivity contribution in [3.8, 4) is 23.8 Å². The number of benzene rings is 1. The van der Waals surface area contributed by atoms with Crippen molar-refractivity contribution in [3.63, 3.8) is 0 Å². The molecule has 4 atom stereocenters. The van der Waals surface area contributed by atoms with Gasteiger partial charge >= 0.3 is 11.9 Å². The van der Waals surface area contributed by atoms with E-state index in [1.807, 2.05) is 30.3 Å². The van der Waals surface area contributed by atoms with Crippen molar-refractivity contribution >= 4 is 24.3 Å². The highest BCUT2D eigenvalue weighted by atomic mass is 35.5. The fourth-order valence-corrected chi connectivity index (χ4v) is 7.45. The summed E-state index contributed by atoms with van der Waals surface area (Å²) in [4.78, 5) is 23.7. The number of aliphatic hydroxyl groups is 4. The average Bonchev–Trinajstić information content (AvgIpc) is 3.31. The predicted molar refractivity (Wildman–Crippen MR) is 279 cm³/mol. The molecule has 13 heteroatoms. The van der Waals surface area contributed by atoms with Crippen molar-refractivity contribution in [1.29, 1.82) is 0 Å². The molecule has 1 aromatic carbocycles. The highest BCUT2D eigenvalue weighted by Gasteiger charge is 2.14. The smallest absolute Gasteiger partial charge is 0.302 e. The molecule has 0 aliphatic carbocycles. The number of esters is 2. The van der Waals surface area contributed by atoms with Gasteiger partial charge < -0.3 is 44.1 Å². The Morgan fingerprint density at radius 2 is 1.04 bits per heavy atom. The standard InChI is InChI=1S/C19H36O4.C19H34O4.C17H27NO3.ClH/c2*1-3-4-5-6-7-8-9-10-11-12-13-14-18(21)15-19(22)16-23-17(2)20;1-2-3-12-20-16-5-7-17(8-6-16)21-13-4-9-18-10-14-19-15-11-18;/h3,18-19,21-22H,1,4-16H2,2H3;1,18-19,21-22H,4-16H2,2H3;5-8H,2-4,9-15H2,1H3;1H. The lowest BCUT2D eigenvalue weighted by Crippen LogP contribution is -2.37. The SMILES string of the molecule is C#CCCCCCCCCCCCC(O)CC(O)COC(C)=O.C=CCCCCCCCCCCCC(O)CC(O)COC(C)=O.CCCCOc1ccc(OCCCN2CCOCC2)cc1.Cl. The van der Waals surface area contributed by atoms with E-state index >= 15 is 0 Å². The molecule has 1 aromatic rings. The van der Waals surface area contributed by atoms with Gasteiger partial charge in [-0.05, 0) is 69.2 Å². The number of hydrogen-bond acceptors (Lipinski definition) is 12. The normalized spacial score (nSPS) is 14.0. The molecule has 1 heterocycles. The zero-order valence-electron chi connectivity index (χ0n) is 42.9. The molecule has 68 heavy (non-hydrogen) atoms. The molecule has 0 amide bonds. The van der Waals surface area contributed by atoms with Crippen molar-refractivity contribution < 1.29 is 53.7 Å². The molecule has 0 saturated carbocycles. The van der Waals surface area contributed by atoms with Gasteiger partial charge in [-0.3, -0.25) is 14.5 Å². The summed E-state index contributed by atoms with van der Waals surface area (Å²) < 4.78 is 26.2. The van der Waals surface area contributed by atoms with Gasteiger partial charge in [0.2, 0.25) is 0 Å². The number of carbonyl (C=O) groups is 2. The lowest BCUT2D eigenvalue weighted by molar-refractivity contribution is -0.145. The predicted octanol–water partition coefficient (Wildman–Crippen LogP) is 11.1. The summed E-state index contributed by atoms with van der Waals surface area (Å²) >= 11 is 0. The Balaban J connectivity index is 0. The Hall–Kier alpha value is -2.89. The van der Waals surface area contributed by atoms with Gasteiger partial charge in [-0.1, -0.05) is 122 Å². The minimum atomic E-state index is -0.775. The topological polar surface area (TPSA) is 164 Å². The van der Waals surface area contributed by atoms with Crippen LogP contribution >= 0.6 is 12.4 Å². The van der Waals surface area contributed by atoms with E-state index in [1.54, 1.807) is 0 Å². The van der Waals surface area contributed by atoms with Crippen LogP contribution in [0.25, 0.3) is 0 Å². The van der Waals surface area contributed by atoms with E-state index in [2.05, 4.69) is 24.3 Å². The minimum Gasteiger partial charge on any atom is -0.494 e. The molecule has 396 valence electrons. The van der Waals surface area contributed by atoms with Gasteiger partial charge in [-0.25, -0.2) is 0 Å². The van der Waals surface area contributed by atoms with Crippen LogP contribution in [0.15, 0.2) is 36.9 Å². The number of morpholine rings is 1. The summed E-state index contributed by atoms with van der Waals surface area (Å²) in [5.74, 6) is 3.69. The Kier molecular flexibility index (Phi) is 49.9. The van der Waals surface area contributed by atoms with Crippen molar-refractivity contribution in [2.45, 2.75) is 219 Å². The van der Waals surface area contributed by atoms with E-state index in [0.29, 0.717) is 12.8 Å². The van der Waals surface area contributed by atoms with Crippen LogP contribution in [0.1, 0.15) is 194 Å². The third kappa shape index (κ3) is 48.1. The van der Waals surface area contributed by atoms with E-state index in [1.165, 1.54) is 97.3 Å².